The van der Waals surface area contributed by atoms with E-state index in [4.69, 9.17) is 9.47 Å². The molecule has 0 spiro atoms. The fourth-order valence-corrected chi connectivity index (χ4v) is 5.72. The summed E-state index contributed by atoms with van der Waals surface area (Å²) in [4.78, 5) is 13.8. The molecule has 0 aliphatic carbocycles. The number of para-hydroxylation sites is 1. The Hall–Kier alpha value is -6.34. The van der Waals surface area contributed by atoms with E-state index in [1.165, 1.54) is 26.6 Å². The molecule has 7 heteroatoms. The van der Waals surface area contributed by atoms with Crippen LogP contribution in [0.2, 0.25) is 0 Å². The third-order valence-corrected chi connectivity index (χ3v) is 8.19. The number of ether oxygens (including phenoxy) is 2. The molecule has 0 saturated heterocycles. The van der Waals surface area contributed by atoms with Crippen LogP contribution in [0.25, 0.3) is 21.5 Å². The zero-order chi connectivity index (χ0) is 33.3. The lowest BCUT2D eigenvalue weighted by molar-refractivity contribution is 0.401. The number of aryl methyl sites for hydroxylation is 1. The highest BCUT2D eigenvalue weighted by atomic mass is 16.5. The van der Waals surface area contributed by atoms with Gasteiger partial charge in [-0.3, -0.25) is 4.79 Å². The summed E-state index contributed by atoms with van der Waals surface area (Å²) >= 11 is 0. The van der Waals surface area contributed by atoms with Gasteiger partial charge in [-0.05, 0) is 65.4 Å². The maximum Gasteiger partial charge on any atom is 0.345 e. The summed E-state index contributed by atoms with van der Waals surface area (Å²) in [5.41, 5.74) is 2.30. The second kappa shape index (κ2) is 15.0. The number of aromatic nitrogens is 3. The number of fused-ring (bicyclic) bond motifs is 2. The third kappa shape index (κ3) is 7.47. The molecule has 0 atom stereocenters. The van der Waals surface area contributed by atoms with Crippen molar-refractivity contribution in [1.29, 1.82) is 0 Å². The van der Waals surface area contributed by atoms with E-state index in [-0.39, 0.29) is 17.3 Å². The Balaban J connectivity index is 1.16. The Labute approximate surface area is 284 Å². The van der Waals surface area contributed by atoms with Crippen LogP contribution in [0.4, 0.5) is 0 Å². The van der Waals surface area contributed by atoms with Crippen molar-refractivity contribution in [1.82, 2.24) is 14.9 Å². The Morgan fingerprint density at radius 3 is 2.02 bits per heavy atom. The SMILES string of the molecule is O=c1c(CC=CCc2cccc3ccccc23)nnc(Oc2ccc(Oc3ccccc3)c3ccccc23)n1N=CCCc1ccccc1. The van der Waals surface area contributed by atoms with Crippen LogP contribution in [0.1, 0.15) is 23.2 Å². The third-order valence-electron chi connectivity index (χ3n) is 8.19. The first-order chi connectivity index (χ1) is 24.2. The van der Waals surface area contributed by atoms with Gasteiger partial charge in [0.2, 0.25) is 0 Å². The van der Waals surface area contributed by atoms with Crippen molar-refractivity contribution >= 4 is 27.8 Å². The molecule has 7 rings (SSSR count). The second-order valence-electron chi connectivity index (χ2n) is 11.5. The molecule has 6 aromatic carbocycles. The Morgan fingerprint density at radius 2 is 1.24 bits per heavy atom. The summed E-state index contributed by atoms with van der Waals surface area (Å²) in [6, 6.07) is 45.8. The monoisotopic (exact) mass is 642 g/mol. The number of hydrogen-bond acceptors (Lipinski definition) is 6. The van der Waals surface area contributed by atoms with Gasteiger partial charge < -0.3 is 9.47 Å². The normalized spacial score (nSPS) is 11.5. The molecule has 0 fully saturated rings. The molecule has 0 bridgehead atoms. The second-order valence-corrected chi connectivity index (χ2v) is 11.5. The lowest BCUT2D eigenvalue weighted by Gasteiger charge is -2.14. The van der Waals surface area contributed by atoms with E-state index >= 15 is 0 Å². The molecule has 1 heterocycles. The van der Waals surface area contributed by atoms with Gasteiger partial charge >= 0.3 is 6.01 Å². The minimum Gasteiger partial charge on any atom is -0.457 e. The molecule has 0 aliphatic rings. The van der Waals surface area contributed by atoms with E-state index < -0.39 is 0 Å². The van der Waals surface area contributed by atoms with Crippen molar-refractivity contribution in [2.45, 2.75) is 25.7 Å². The number of benzene rings is 6. The first-order valence-electron chi connectivity index (χ1n) is 16.3. The van der Waals surface area contributed by atoms with Crippen molar-refractivity contribution in [3.63, 3.8) is 0 Å². The van der Waals surface area contributed by atoms with Crippen molar-refractivity contribution < 1.29 is 9.47 Å². The predicted octanol–water partition coefficient (Wildman–Crippen LogP) is 9.34. The van der Waals surface area contributed by atoms with Crippen LogP contribution >= 0.6 is 0 Å². The summed E-state index contributed by atoms with van der Waals surface area (Å²) in [5, 5.41) is 17.3. The highest BCUT2D eigenvalue weighted by molar-refractivity contribution is 5.93. The zero-order valence-corrected chi connectivity index (χ0v) is 26.9. The van der Waals surface area contributed by atoms with Crippen LogP contribution in [-0.4, -0.2) is 21.1 Å². The van der Waals surface area contributed by atoms with E-state index in [9.17, 15) is 4.79 Å². The fraction of sp³-hybridized carbons (Fsp3) is 0.0952. The van der Waals surface area contributed by atoms with Crippen LogP contribution in [0.15, 0.2) is 162 Å². The average Bonchev–Trinajstić information content (AvgIpc) is 3.15. The summed E-state index contributed by atoms with van der Waals surface area (Å²) in [5.74, 6) is 1.91. The van der Waals surface area contributed by atoms with Gasteiger partial charge in [-0.15, -0.1) is 9.77 Å². The number of rotatable bonds is 12. The quantitative estimate of drug-likeness (QED) is 0.0980. The van der Waals surface area contributed by atoms with Crippen LogP contribution in [-0.2, 0) is 19.3 Å². The van der Waals surface area contributed by atoms with E-state index in [0.29, 0.717) is 24.3 Å². The molecule has 1 aromatic heterocycles. The lowest BCUT2D eigenvalue weighted by Crippen LogP contribution is -2.25. The molecule has 0 radical (unpaired) electrons. The van der Waals surface area contributed by atoms with Crippen molar-refractivity contribution in [2.24, 2.45) is 5.10 Å². The molecule has 240 valence electrons. The average molecular weight is 643 g/mol. The topological polar surface area (TPSA) is 78.6 Å². The molecule has 7 aromatic rings. The van der Waals surface area contributed by atoms with E-state index in [1.807, 2.05) is 97.1 Å². The molecule has 0 aliphatic heterocycles. The highest BCUT2D eigenvalue weighted by Crippen LogP contribution is 2.37. The maximum absolute atomic E-state index is 13.8. The molecule has 0 amide bonds. The summed E-state index contributed by atoms with van der Waals surface area (Å²) in [6.45, 7) is 0. The van der Waals surface area contributed by atoms with E-state index in [1.54, 1.807) is 12.3 Å². The van der Waals surface area contributed by atoms with Crippen LogP contribution < -0.4 is 15.0 Å². The number of allylic oxidation sites excluding steroid dienone is 2. The molecule has 7 nitrogen and oxygen atoms in total. The van der Waals surface area contributed by atoms with E-state index in [0.717, 1.165) is 29.4 Å². The zero-order valence-electron chi connectivity index (χ0n) is 26.9. The van der Waals surface area contributed by atoms with Crippen molar-refractivity contribution in [2.75, 3.05) is 0 Å². The van der Waals surface area contributed by atoms with Gasteiger partial charge in [-0.1, -0.05) is 133 Å². The van der Waals surface area contributed by atoms with Gasteiger partial charge in [0.1, 0.15) is 22.9 Å². The first kappa shape index (κ1) is 31.3. The fourth-order valence-electron chi connectivity index (χ4n) is 5.72. The predicted molar refractivity (Wildman–Crippen MR) is 196 cm³/mol. The molecular formula is C42H34N4O3. The van der Waals surface area contributed by atoms with Crippen LogP contribution in [0.5, 0.6) is 23.3 Å². The van der Waals surface area contributed by atoms with Crippen LogP contribution in [0.3, 0.4) is 0 Å². The van der Waals surface area contributed by atoms with Gasteiger partial charge in [0, 0.05) is 23.4 Å². The number of nitrogens with zero attached hydrogens (tertiary/aromatic N) is 4. The first-order valence-corrected chi connectivity index (χ1v) is 16.3. The lowest BCUT2D eigenvalue weighted by atomic mass is 10.0. The smallest absolute Gasteiger partial charge is 0.345 e. The molecule has 0 saturated carbocycles. The minimum absolute atomic E-state index is 0.0219. The maximum atomic E-state index is 13.8. The molecule has 0 unspecified atom stereocenters. The summed E-state index contributed by atoms with van der Waals surface area (Å²) < 4.78 is 13.7. The van der Waals surface area contributed by atoms with Crippen LogP contribution in [0, 0.1) is 0 Å². The Morgan fingerprint density at radius 1 is 0.612 bits per heavy atom. The van der Waals surface area contributed by atoms with Crippen molar-refractivity contribution in [3.05, 3.63) is 179 Å². The summed E-state index contributed by atoms with van der Waals surface area (Å²) in [7, 11) is 0. The summed E-state index contributed by atoms with van der Waals surface area (Å²) in [6.07, 6.45) is 8.20. The van der Waals surface area contributed by atoms with Crippen molar-refractivity contribution in [3.8, 4) is 23.3 Å². The largest absolute Gasteiger partial charge is 0.457 e. The van der Waals surface area contributed by atoms with Gasteiger partial charge in [0.15, 0.2) is 0 Å². The Kier molecular flexibility index (Phi) is 9.60. The minimum atomic E-state index is -0.385. The Bertz CT molecular complexity index is 2310. The molecule has 49 heavy (non-hydrogen) atoms. The van der Waals surface area contributed by atoms with Gasteiger partial charge in [-0.2, -0.15) is 5.10 Å². The van der Waals surface area contributed by atoms with Gasteiger partial charge in [0.25, 0.3) is 5.56 Å². The number of hydrogen-bond donors (Lipinski definition) is 0. The molecule has 0 N–H and O–H groups in total. The standard InChI is InChI=1S/C42H34N4O3/c47-41-38(27-12-8-19-33-21-13-20-32-18-7-9-24-35(32)33)44-45-42(46(41)43-30-14-17-31-15-3-1-4-16-31)49-40-29-28-39(36-25-10-11-26-37(36)40)48-34-22-5-2-6-23-34/h1-13,15-16,18,20-26,28-30H,14,17,19,27H2. The van der Waals surface area contributed by atoms with Gasteiger partial charge in [-0.25, -0.2) is 0 Å². The highest BCUT2D eigenvalue weighted by Gasteiger charge is 2.16. The molecular weight excluding hydrogens is 608 g/mol. The van der Waals surface area contributed by atoms with Gasteiger partial charge in [0.05, 0.1) is 0 Å². The van der Waals surface area contributed by atoms with E-state index in [2.05, 4.69) is 63.8 Å².